The van der Waals surface area contributed by atoms with Gasteiger partial charge in [0.1, 0.15) is 5.69 Å². The summed E-state index contributed by atoms with van der Waals surface area (Å²) in [5.41, 5.74) is 4.09. The molecule has 9 heteroatoms. The number of piperidine rings is 1. The molecule has 1 aliphatic heterocycles. The number of hydrogen-bond acceptors (Lipinski definition) is 7. The SMILES string of the molecule is C=CC(=O)Nc1cc(Nc2nccc(-c3cn(C)c4ccccc34)n2)c(OC(C)C)nc1N1CCCCC1. The van der Waals surface area contributed by atoms with Gasteiger partial charge in [-0.25, -0.2) is 9.97 Å². The summed E-state index contributed by atoms with van der Waals surface area (Å²) in [5, 5.41) is 7.33. The average Bonchev–Trinajstić information content (AvgIpc) is 3.27. The molecule has 0 radical (unpaired) electrons. The fourth-order valence-corrected chi connectivity index (χ4v) is 4.75. The van der Waals surface area contributed by atoms with Crippen LogP contribution in [-0.4, -0.2) is 44.6 Å². The Morgan fingerprint density at radius 1 is 1.11 bits per heavy atom. The topological polar surface area (TPSA) is 97.2 Å². The van der Waals surface area contributed by atoms with E-state index >= 15 is 0 Å². The van der Waals surface area contributed by atoms with Crippen LogP contribution in [0.25, 0.3) is 22.2 Å². The minimum absolute atomic E-state index is 0.103. The van der Waals surface area contributed by atoms with Crippen molar-refractivity contribution in [3.05, 3.63) is 61.4 Å². The summed E-state index contributed by atoms with van der Waals surface area (Å²) in [7, 11) is 2.02. The number of benzene rings is 1. The lowest BCUT2D eigenvalue weighted by atomic mass is 10.1. The highest BCUT2D eigenvalue weighted by Crippen LogP contribution is 2.37. The van der Waals surface area contributed by atoms with Gasteiger partial charge < -0.3 is 24.8 Å². The zero-order valence-electron chi connectivity index (χ0n) is 22.1. The van der Waals surface area contributed by atoms with Gasteiger partial charge in [-0.05, 0) is 57.4 Å². The highest BCUT2D eigenvalue weighted by Gasteiger charge is 2.22. The van der Waals surface area contributed by atoms with Gasteiger partial charge in [-0.2, -0.15) is 4.98 Å². The number of anilines is 4. The zero-order valence-corrected chi connectivity index (χ0v) is 22.1. The Labute approximate surface area is 222 Å². The number of para-hydroxylation sites is 1. The molecular weight excluding hydrogens is 478 g/mol. The van der Waals surface area contributed by atoms with Crippen molar-refractivity contribution in [3.63, 3.8) is 0 Å². The van der Waals surface area contributed by atoms with Gasteiger partial charge >= 0.3 is 0 Å². The van der Waals surface area contributed by atoms with Gasteiger partial charge in [0, 0.05) is 49.0 Å². The molecule has 1 amide bonds. The molecule has 4 heterocycles. The Balaban J connectivity index is 1.55. The summed E-state index contributed by atoms with van der Waals surface area (Å²) in [6.07, 6.45) is 8.28. The van der Waals surface area contributed by atoms with Crippen LogP contribution in [0.4, 0.5) is 23.1 Å². The van der Waals surface area contributed by atoms with Crippen molar-refractivity contribution in [2.45, 2.75) is 39.2 Å². The number of rotatable bonds is 8. The maximum absolute atomic E-state index is 12.3. The van der Waals surface area contributed by atoms with Crippen molar-refractivity contribution in [2.24, 2.45) is 7.05 Å². The maximum Gasteiger partial charge on any atom is 0.247 e. The molecule has 196 valence electrons. The molecule has 1 saturated heterocycles. The van der Waals surface area contributed by atoms with E-state index < -0.39 is 0 Å². The Morgan fingerprint density at radius 3 is 2.66 bits per heavy atom. The summed E-state index contributed by atoms with van der Waals surface area (Å²) < 4.78 is 8.21. The van der Waals surface area contributed by atoms with Crippen LogP contribution in [0.3, 0.4) is 0 Å². The summed E-state index contributed by atoms with van der Waals surface area (Å²) in [5.74, 6) is 1.21. The van der Waals surface area contributed by atoms with Crippen LogP contribution in [0.15, 0.2) is 61.4 Å². The van der Waals surface area contributed by atoms with E-state index in [0.717, 1.165) is 48.1 Å². The largest absolute Gasteiger partial charge is 0.473 e. The normalized spacial score (nSPS) is 13.5. The Bertz CT molecular complexity index is 1470. The van der Waals surface area contributed by atoms with Gasteiger partial charge in [0.15, 0.2) is 5.82 Å². The molecule has 1 fully saturated rings. The van der Waals surface area contributed by atoms with Crippen LogP contribution in [0, 0.1) is 0 Å². The lowest BCUT2D eigenvalue weighted by Crippen LogP contribution is -2.31. The first kappa shape index (κ1) is 25.3. The molecule has 9 nitrogen and oxygen atoms in total. The van der Waals surface area contributed by atoms with Gasteiger partial charge in [-0.15, -0.1) is 0 Å². The van der Waals surface area contributed by atoms with Crippen molar-refractivity contribution in [2.75, 3.05) is 28.6 Å². The van der Waals surface area contributed by atoms with Crippen LogP contribution < -0.4 is 20.3 Å². The van der Waals surface area contributed by atoms with Crippen LogP contribution >= 0.6 is 0 Å². The number of aromatic nitrogens is 4. The average molecular weight is 512 g/mol. The second-order valence-electron chi connectivity index (χ2n) is 9.68. The van der Waals surface area contributed by atoms with E-state index in [9.17, 15) is 4.79 Å². The van der Waals surface area contributed by atoms with Crippen molar-refractivity contribution >= 4 is 40.0 Å². The number of nitrogens with one attached hydrogen (secondary N) is 2. The molecule has 2 N–H and O–H groups in total. The number of carbonyl (C=O) groups is 1. The van der Waals surface area contributed by atoms with Gasteiger partial charge in [0.2, 0.25) is 17.7 Å². The number of nitrogens with zero attached hydrogens (tertiary/aromatic N) is 5. The summed E-state index contributed by atoms with van der Waals surface area (Å²) in [4.78, 5) is 28.6. The standard InChI is InChI=1S/C29H33N7O2/c1-5-26(37)31-23-17-24(28(38-19(2)3)34-27(23)36-15-9-6-10-16-36)33-29-30-14-13-22(32-29)21-18-35(4)25-12-8-7-11-20(21)25/h5,7-8,11-14,17-19H,1,6,9-10,15-16H2,2-4H3,(H,31,37)(H,30,32,33). The molecule has 0 bridgehead atoms. The summed E-state index contributed by atoms with van der Waals surface area (Å²) in [6.45, 7) is 9.25. The first-order chi connectivity index (χ1) is 18.4. The highest BCUT2D eigenvalue weighted by molar-refractivity contribution is 6.01. The molecule has 38 heavy (non-hydrogen) atoms. The number of fused-ring (bicyclic) bond motifs is 1. The Morgan fingerprint density at radius 2 is 1.89 bits per heavy atom. The number of carbonyl (C=O) groups excluding carboxylic acids is 1. The second kappa shape index (κ2) is 10.9. The van der Waals surface area contributed by atoms with Gasteiger partial charge in [-0.1, -0.05) is 24.8 Å². The van der Waals surface area contributed by atoms with E-state index in [1.807, 2.05) is 45.2 Å². The first-order valence-electron chi connectivity index (χ1n) is 13.0. The molecule has 0 spiro atoms. The third-order valence-corrected chi connectivity index (χ3v) is 6.49. The fraction of sp³-hybridized carbons (Fsp3) is 0.310. The Kier molecular flexibility index (Phi) is 7.26. The number of amides is 1. The lowest BCUT2D eigenvalue weighted by molar-refractivity contribution is -0.111. The highest BCUT2D eigenvalue weighted by atomic mass is 16.5. The Hall–Kier alpha value is -4.40. The van der Waals surface area contributed by atoms with Crippen LogP contribution in [0.5, 0.6) is 5.88 Å². The third-order valence-electron chi connectivity index (χ3n) is 6.49. The van der Waals surface area contributed by atoms with Crippen LogP contribution in [0.1, 0.15) is 33.1 Å². The third kappa shape index (κ3) is 5.32. The minimum atomic E-state index is -0.303. The smallest absolute Gasteiger partial charge is 0.247 e. The predicted molar refractivity (Wildman–Crippen MR) is 152 cm³/mol. The molecule has 3 aromatic heterocycles. The van der Waals surface area contributed by atoms with Gasteiger partial charge in [0.05, 0.1) is 17.5 Å². The number of pyridine rings is 1. The van der Waals surface area contributed by atoms with Gasteiger partial charge in [0.25, 0.3) is 0 Å². The molecule has 4 aromatic rings. The molecule has 0 atom stereocenters. The van der Waals surface area contributed by atoms with Crippen molar-refractivity contribution in [3.8, 4) is 17.1 Å². The first-order valence-corrected chi connectivity index (χ1v) is 13.0. The molecule has 1 aliphatic rings. The zero-order chi connectivity index (χ0) is 26.6. The molecule has 1 aromatic carbocycles. The van der Waals surface area contributed by atoms with E-state index in [1.165, 1.54) is 12.5 Å². The molecule has 0 saturated carbocycles. The summed E-state index contributed by atoms with van der Waals surface area (Å²) in [6, 6.07) is 12.0. The number of hydrogen-bond donors (Lipinski definition) is 2. The molecular formula is C29H33N7O2. The minimum Gasteiger partial charge on any atom is -0.473 e. The number of ether oxygens (including phenoxy) is 1. The van der Waals surface area contributed by atoms with Crippen molar-refractivity contribution < 1.29 is 9.53 Å². The van der Waals surface area contributed by atoms with E-state index in [2.05, 4.69) is 50.0 Å². The van der Waals surface area contributed by atoms with E-state index in [-0.39, 0.29) is 12.0 Å². The van der Waals surface area contributed by atoms with Crippen LogP contribution in [0.2, 0.25) is 0 Å². The van der Waals surface area contributed by atoms with E-state index in [1.54, 1.807) is 6.20 Å². The van der Waals surface area contributed by atoms with Gasteiger partial charge in [-0.3, -0.25) is 4.79 Å². The summed E-state index contributed by atoms with van der Waals surface area (Å²) >= 11 is 0. The van der Waals surface area contributed by atoms with Crippen molar-refractivity contribution in [1.82, 2.24) is 19.5 Å². The van der Waals surface area contributed by atoms with Crippen LogP contribution in [-0.2, 0) is 11.8 Å². The lowest BCUT2D eigenvalue weighted by Gasteiger charge is -2.30. The van der Waals surface area contributed by atoms with E-state index in [0.29, 0.717) is 29.0 Å². The monoisotopic (exact) mass is 511 g/mol. The second-order valence-corrected chi connectivity index (χ2v) is 9.68. The van der Waals surface area contributed by atoms with Crippen molar-refractivity contribution in [1.29, 1.82) is 0 Å². The number of aryl methyl sites for hydroxylation is 1. The molecule has 0 aliphatic carbocycles. The maximum atomic E-state index is 12.3. The fourth-order valence-electron chi connectivity index (χ4n) is 4.75. The molecule has 0 unspecified atom stereocenters. The predicted octanol–water partition coefficient (Wildman–Crippen LogP) is 5.68. The van der Waals surface area contributed by atoms with E-state index in [4.69, 9.17) is 14.7 Å². The quantitative estimate of drug-likeness (QED) is 0.294. The molecule has 5 rings (SSSR count).